The molecule has 0 radical (unpaired) electrons. The second kappa shape index (κ2) is 6.58. The van der Waals surface area contributed by atoms with Gasteiger partial charge in [-0.15, -0.1) is 0 Å². The molecule has 1 rings (SSSR count). The van der Waals surface area contributed by atoms with Gasteiger partial charge < -0.3 is 10.5 Å². The van der Waals surface area contributed by atoms with Crippen LogP contribution < -0.4 is 5.73 Å². The van der Waals surface area contributed by atoms with Crippen LogP contribution in [-0.4, -0.2) is 17.3 Å². The molecule has 4 heteroatoms. The highest BCUT2D eigenvalue weighted by atomic mass is 79.9. The van der Waals surface area contributed by atoms with E-state index in [0.717, 1.165) is 5.56 Å². The molecule has 0 aromatic heterocycles. The standard InChI is InChI=1S/C11H14BrNO2/c12-7-6-10(13)11(14)15-8-9-4-2-1-3-5-9/h1-5,10H,6-8,13H2. The number of halogens is 1. The van der Waals surface area contributed by atoms with Crippen LogP contribution in [0.15, 0.2) is 30.3 Å². The number of carbonyl (C=O) groups excluding carboxylic acids is 1. The predicted molar refractivity (Wildman–Crippen MR) is 62.6 cm³/mol. The summed E-state index contributed by atoms with van der Waals surface area (Å²) in [5.74, 6) is -0.349. The third-order valence-electron chi connectivity index (χ3n) is 1.95. The lowest BCUT2D eigenvalue weighted by molar-refractivity contribution is -0.146. The minimum Gasteiger partial charge on any atom is -0.460 e. The molecule has 0 amide bonds. The summed E-state index contributed by atoms with van der Waals surface area (Å²) in [5.41, 5.74) is 6.56. The van der Waals surface area contributed by atoms with Gasteiger partial charge >= 0.3 is 5.97 Å². The quantitative estimate of drug-likeness (QED) is 0.657. The maximum atomic E-state index is 11.3. The third kappa shape index (κ3) is 4.44. The van der Waals surface area contributed by atoms with Crippen LogP contribution in [0.2, 0.25) is 0 Å². The maximum Gasteiger partial charge on any atom is 0.323 e. The van der Waals surface area contributed by atoms with Crippen molar-refractivity contribution in [2.75, 3.05) is 5.33 Å². The molecule has 1 aromatic carbocycles. The van der Waals surface area contributed by atoms with Crippen LogP contribution in [0.4, 0.5) is 0 Å². The zero-order valence-electron chi connectivity index (χ0n) is 8.36. The zero-order valence-corrected chi connectivity index (χ0v) is 9.94. The largest absolute Gasteiger partial charge is 0.460 e. The molecule has 1 atom stereocenters. The Bertz CT molecular complexity index is 303. The first-order valence-corrected chi connectivity index (χ1v) is 5.88. The van der Waals surface area contributed by atoms with Gasteiger partial charge in [-0.25, -0.2) is 0 Å². The third-order valence-corrected chi connectivity index (χ3v) is 2.40. The van der Waals surface area contributed by atoms with Crippen LogP contribution in [0.3, 0.4) is 0 Å². The number of benzene rings is 1. The Hall–Kier alpha value is -0.870. The van der Waals surface area contributed by atoms with E-state index in [4.69, 9.17) is 10.5 Å². The van der Waals surface area contributed by atoms with Gasteiger partial charge in [0.2, 0.25) is 0 Å². The number of ether oxygens (including phenoxy) is 1. The lowest BCUT2D eigenvalue weighted by atomic mass is 10.2. The summed E-state index contributed by atoms with van der Waals surface area (Å²) in [7, 11) is 0. The average molecular weight is 272 g/mol. The molecule has 1 aromatic rings. The van der Waals surface area contributed by atoms with Crippen LogP contribution >= 0.6 is 15.9 Å². The Morgan fingerprint density at radius 3 is 2.67 bits per heavy atom. The summed E-state index contributed by atoms with van der Waals surface area (Å²) in [6.45, 7) is 0.287. The summed E-state index contributed by atoms with van der Waals surface area (Å²) in [6, 6.07) is 9.01. The smallest absolute Gasteiger partial charge is 0.323 e. The van der Waals surface area contributed by atoms with Gasteiger partial charge in [0, 0.05) is 5.33 Å². The second-order valence-corrected chi connectivity index (χ2v) is 3.97. The molecular weight excluding hydrogens is 258 g/mol. The summed E-state index contributed by atoms with van der Waals surface area (Å²) in [5, 5.41) is 0.703. The van der Waals surface area contributed by atoms with E-state index in [1.807, 2.05) is 30.3 Å². The highest BCUT2D eigenvalue weighted by Gasteiger charge is 2.13. The van der Waals surface area contributed by atoms with Crippen LogP contribution in [0.5, 0.6) is 0 Å². The SMILES string of the molecule is NC(CCBr)C(=O)OCc1ccccc1. The first kappa shape index (κ1) is 12.2. The predicted octanol–water partition coefficient (Wildman–Crippen LogP) is 1.84. The number of hydrogen-bond acceptors (Lipinski definition) is 3. The molecule has 1 unspecified atom stereocenters. The number of carbonyl (C=O) groups is 1. The van der Waals surface area contributed by atoms with Gasteiger partial charge in [0.05, 0.1) is 0 Å². The van der Waals surface area contributed by atoms with Gasteiger partial charge in [-0.1, -0.05) is 46.3 Å². The van der Waals surface area contributed by atoms with E-state index in [-0.39, 0.29) is 12.6 Å². The molecule has 0 spiro atoms. The average Bonchev–Trinajstić information content (AvgIpc) is 2.27. The van der Waals surface area contributed by atoms with E-state index in [9.17, 15) is 4.79 Å². The maximum absolute atomic E-state index is 11.3. The molecule has 82 valence electrons. The molecule has 2 N–H and O–H groups in total. The van der Waals surface area contributed by atoms with E-state index in [1.165, 1.54) is 0 Å². The van der Waals surface area contributed by atoms with Gasteiger partial charge in [0.15, 0.2) is 0 Å². The number of hydrogen-bond donors (Lipinski definition) is 1. The summed E-state index contributed by atoms with van der Waals surface area (Å²) >= 11 is 3.23. The van der Waals surface area contributed by atoms with E-state index >= 15 is 0 Å². The Morgan fingerprint density at radius 2 is 2.07 bits per heavy atom. The van der Waals surface area contributed by atoms with Gasteiger partial charge in [-0.2, -0.15) is 0 Å². The van der Waals surface area contributed by atoms with Gasteiger partial charge in [-0.3, -0.25) is 4.79 Å². The van der Waals surface area contributed by atoms with E-state index in [0.29, 0.717) is 11.8 Å². The van der Waals surface area contributed by atoms with Crippen molar-refractivity contribution in [2.45, 2.75) is 19.1 Å². The molecule has 3 nitrogen and oxygen atoms in total. The molecule has 0 aliphatic rings. The fourth-order valence-electron chi connectivity index (χ4n) is 1.07. The topological polar surface area (TPSA) is 52.3 Å². The Labute approximate surface area is 97.7 Å². The molecule has 15 heavy (non-hydrogen) atoms. The van der Waals surface area contributed by atoms with Crippen LogP contribution in [0.25, 0.3) is 0 Å². The van der Waals surface area contributed by atoms with Crippen molar-refractivity contribution < 1.29 is 9.53 Å². The molecule has 0 bridgehead atoms. The van der Waals surface area contributed by atoms with Crippen molar-refractivity contribution >= 4 is 21.9 Å². The Morgan fingerprint density at radius 1 is 1.40 bits per heavy atom. The number of alkyl halides is 1. The fraction of sp³-hybridized carbons (Fsp3) is 0.364. The number of nitrogens with two attached hydrogens (primary N) is 1. The zero-order chi connectivity index (χ0) is 11.1. The summed E-state index contributed by atoms with van der Waals surface area (Å²) in [4.78, 5) is 11.3. The number of esters is 1. The minimum atomic E-state index is -0.534. The summed E-state index contributed by atoms with van der Waals surface area (Å²) < 4.78 is 5.06. The van der Waals surface area contributed by atoms with Crippen molar-refractivity contribution in [1.29, 1.82) is 0 Å². The molecule has 0 fully saturated rings. The van der Waals surface area contributed by atoms with E-state index < -0.39 is 6.04 Å². The molecule has 0 heterocycles. The first-order chi connectivity index (χ1) is 7.24. The highest BCUT2D eigenvalue weighted by molar-refractivity contribution is 9.09. The normalized spacial score (nSPS) is 12.1. The fourth-order valence-corrected chi connectivity index (χ4v) is 1.56. The lowest BCUT2D eigenvalue weighted by Gasteiger charge is -2.09. The number of rotatable bonds is 5. The molecule has 0 saturated heterocycles. The van der Waals surface area contributed by atoms with Gasteiger partial charge in [0.1, 0.15) is 12.6 Å². The monoisotopic (exact) mass is 271 g/mol. The molecule has 0 aliphatic heterocycles. The Balaban J connectivity index is 2.34. The minimum absolute atomic E-state index is 0.287. The Kier molecular flexibility index (Phi) is 5.36. The van der Waals surface area contributed by atoms with E-state index in [2.05, 4.69) is 15.9 Å². The van der Waals surface area contributed by atoms with Crippen molar-refractivity contribution in [1.82, 2.24) is 0 Å². The molecular formula is C11H14BrNO2. The van der Waals surface area contributed by atoms with Crippen molar-refractivity contribution in [3.63, 3.8) is 0 Å². The molecule has 0 aliphatic carbocycles. The van der Waals surface area contributed by atoms with Gasteiger partial charge in [-0.05, 0) is 12.0 Å². The van der Waals surface area contributed by atoms with Crippen LogP contribution in [0.1, 0.15) is 12.0 Å². The van der Waals surface area contributed by atoms with Crippen molar-refractivity contribution in [3.8, 4) is 0 Å². The van der Waals surface area contributed by atoms with E-state index in [1.54, 1.807) is 0 Å². The lowest BCUT2D eigenvalue weighted by Crippen LogP contribution is -2.32. The van der Waals surface area contributed by atoms with Crippen LogP contribution in [0, 0.1) is 0 Å². The highest BCUT2D eigenvalue weighted by Crippen LogP contribution is 2.03. The van der Waals surface area contributed by atoms with Crippen molar-refractivity contribution in [2.24, 2.45) is 5.73 Å². The molecule has 0 saturated carbocycles. The van der Waals surface area contributed by atoms with Crippen molar-refractivity contribution in [3.05, 3.63) is 35.9 Å². The first-order valence-electron chi connectivity index (χ1n) is 4.76. The summed E-state index contributed by atoms with van der Waals surface area (Å²) in [6.07, 6.45) is 0.591. The second-order valence-electron chi connectivity index (χ2n) is 3.18. The van der Waals surface area contributed by atoms with Crippen LogP contribution in [-0.2, 0) is 16.1 Å². The van der Waals surface area contributed by atoms with Gasteiger partial charge in [0.25, 0.3) is 0 Å².